The molecule has 1 saturated heterocycles. The van der Waals surface area contributed by atoms with Gasteiger partial charge in [-0.25, -0.2) is 9.98 Å². The third kappa shape index (κ3) is 4.87. The van der Waals surface area contributed by atoms with Gasteiger partial charge in [0, 0.05) is 23.2 Å². The molecule has 2 aromatic heterocycles. The van der Waals surface area contributed by atoms with Crippen LogP contribution in [0.5, 0.6) is 0 Å². The molecular weight excluding hydrogens is 516 g/mol. The maximum atomic E-state index is 12.4. The first-order valence-corrected chi connectivity index (χ1v) is 12.6. The van der Waals surface area contributed by atoms with E-state index in [0.717, 1.165) is 10.3 Å². The van der Waals surface area contributed by atoms with Crippen LogP contribution in [0.15, 0.2) is 72.3 Å². The van der Waals surface area contributed by atoms with Crippen molar-refractivity contribution in [2.45, 2.75) is 16.4 Å². The maximum absolute atomic E-state index is 12.4. The van der Waals surface area contributed by atoms with E-state index < -0.39 is 4.92 Å². The van der Waals surface area contributed by atoms with Crippen LogP contribution in [0.2, 0.25) is 5.02 Å². The van der Waals surface area contributed by atoms with Crippen molar-refractivity contribution in [2.75, 3.05) is 0 Å². The zero-order chi connectivity index (χ0) is 23.8. The topological polar surface area (TPSA) is 111 Å². The van der Waals surface area contributed by atoms with E-state index in [-0.39, 0.29) is 11.6 Å². The Bertz CT molecular complexity index is 1530. The van der Waals surface area contributed by atoms with Crippen LogP contribution >= 0.6 is 46.5 Å². The molecule has 4 aromatic rings. The third-order valence-corrected chi connectivity index (χ3v) is 7.98. The minimum Gasteiger partial charge on any atom is -0.450 e. The highest BCUT2D eigenvalue weighted by Crippen LogP contribution is 2.37. The lowest BCUT2D eigenvalue weighted by Crippen LogP contribution is -2.19. The Labute approximate surface area is 210 Å². The van der Waals surface area contributed by atoms with Gasteiger partial charge in [-0.05, 0) is 66.3 Å². The van der Waals surface area contributed by atoms with E-state index in [0.29, 0.717) is 41.5 Å². The predicted octanol–water partition coefficient (Wildman–Crippen LogP) is 6.80. The van der Waals surface area contributed by atoms with Crippen molar-refractivity contribution in [3.63, 3.8) is 0 Å². The van der Waals surface area contributed by atoms with Crippen molar-refractivity contribution < 1.29 is 14.1 Å². The van der Waals surface area contributed by atoms with Gasteiger partial charge >= 0.3 is 0 Å². The highest BCUT2D eigenvalue weighted by molar-refractivity contribution is 8.18. The number of rotatable bonds is 5. The molecule has 170 valence electrons. The number of aliphatic imine (C=N–C) groups is 1. The normalized spacial score (nSPS) is 16.0. The summed E-state index contributed by atoms with van der Waals surface area (Å²) in [7, 11) is 0. The molecule has 0 unspecified atom stereocenters. The van der Waals surface area contributed by atoms with Crippen LogP contribution in [0.25, 0.3) is 16.3 Å². The quantitative estimate of drug-likeness (QED) is 0.172. The summed E-state index contributed by atoms with van der Waals surface area (Å²) in [5.74, 6) is 0.247. The molecule has 1 aliphatic heterocycles. The van der Waals surface area contributed by atoms with Crippen LogP contribution in [0.1, 0.15) is 11.3 Å². The summed E-state index contributed by atoms with van der Waals surface area (Å²) < 4.78 is 7.26. The van der Waals surface area contributed by atoms with Crippen molar-refractivity contribution in [2.24, 2.45) is 4.99 Å². The third-order valence-electron chi connectivity index (χ3n) is 4.66. The Kier molecular flexibility index (Phi) is 6.17. The number of furan rings is 1. The number of halogens is 1. The molecule has 0 radical (unpaired) electrons. The summed E-state index contributed by atoms with van der Waals surface area (Å²) in [6, 6.07) is 13.6. The average Bonchev–Trinajstić information content (AvgIpc) is 3.49. The fraction of sp³-hybridized carbons (Fsp3) is 0.0455. The number of benzene rings is 2. The molecule has 0 aliphatic carbocycles. The number of aryl methyl sites for hydroxylation is 1. The summed E-state index contributed by atoms with van der Waals surface area (Å²) >= 11 is 10.0. The van der Waals surface area contributed by atoms with Gasteiger partial charge in [0.15, 0.2) is 14.6 Å². The number of nitro benzene ring substituents is 1. The predicted molar refractivity (Wildman–Crippen MR) is 136 cm³/mol. The molecular formula is C22H13ClN4O4S3. The fourth-order valence-electron chi connectivity index (χ4n) is 2.98. The van der Waals surface area contributed by atoms with E-state index in [1.807, 2.05) is 19.1 Å². The Morgan fingerprint density at radius 1 is 1.24 bits per heavy atom. The molecule has 34 heavy (non-hydrogen) atoms. The first kappa shape index (κ1) is 22.7. The van der Waals surface area contributed by atoms with Crippen molar-refractivity contribution in [3.8, 4) is 0 Å². The molecule has 0 atom stereocenters. The largest absolute Gasteiger partial charge is 0.450 e. The zero-order valence-corrected chi connectivity index (χ0v) is 20.5. The molecule has 8 nitrogen and oxygen atoms in total. The number of carbonyl (C=O) groups is 1. The number of amides is 1. The molecule has 1 N–H and O–H groups in total. The van der Waals surface area contributed by atoms with Crippen molar-refractivity contribution >= 4 is 85.2 Å². The minimum absolute atomic E-state index is 0.0281. The number of hydrogen-bond acceptors (Lipinski definition) is 9. The number of thioether (sulfide) groups is 1. The van der Waals surface area contributed by atoms with Crippen molar-refractivity contribution in [1.29, 1.82) is 0 Å². The van der Waals surface area contributed by atoms with Crippen molar-refractivity contribution in [3.05, 3.63) is 79.9 Å². The maximum Gasteiger partial charge on any atom is 0.270 e. The zero-order valence-electron chi connectivity index (χ0n) is 17.3. The van der Waals surface area contributed by atoms with Gasteiger partial charge < -0.3 is 9.73 Å². The fourth-order valence-corrected chi connectivity index (χ4v) is 5.98. The van der Waals surface area contributed by atoms with E-state index in [1.54, 1.807) is 30.3 Å². The van der Waals surface area contributed by atoms with Crippen molar-refractivity contribution in [1.82, 2.24) is 10.3 Å². The number of amidine groups is 1. The van der Waals surface area contributed by atoms with Crippen LogP contribution in [0, 0.1) is 17.0 Å². The van der Waals surface area contributed by atoms with Crippen LogP contribution < -0.4 is 5.32 Å². The molecule has 3 heterocycles. The van der Waals surface area contributed by atoms with Gasteiger partial charge in [-0.3, -0.25) is 14.9 Å². The standard InChI is InChI=1S/C22H13ClN4O4S3/c1-11-2-3-12(8-15(11)23)24-21-26-20(28)18(32-21)10-14-5-7-19(31-14)34-22-25-16-6-4-13(27(29)30)9-17(16)33-22/h2-10H,1H3,(H,24,26,28)/b18-10-. The second-order valence-corrected chi connectivity index (χ2v) is 10.8. The monoisotopic (exact) mass is 528 g/mol. The Morgan fingerprint density at radius 2 is 2.09 bits per heavy atom. The van der Waals surface area contributed by atoms with E-state index in [2.05, 4.69) is 15.3 Å². The van der Waals surface area contributed by atoms with Crippen LogP contribution in [-0.2, 0) is 4.79 Å². The smallest absolute Gasteiger partial charge is 0.270 e. The molecule has 1 amide bonds. The molecule has 0 spiro atoms. The molecule has 5 rings (SSSR count). The van der Waals surface area contributed by atoms with E-state index >= 15 is 0 Å². The summed E-state index contributed by atoms with van der Waals surface area (Å²) in [5.41, 5.74) is 2.32. The number of thiazole rings is 1. The molecule has 2 aromatic carbocycles. The van der Waals surface area contributed by atoms with Gasteiger partial charge in [-0.1, -0.05) is 17.7 Å². The molecule has 0 saturated carbocycles. The Morgan fingerprint density at radius 3 is 2.88 bits per heavy atom. The second-order valence-electron chi connectivity index (χ2n) is 7.06. The molecule has 1 aliphatic rings. The van der Waals surface area contributed by atoms with Gasteiger partial charge in [0.05, 0.1) is 25.7 Å². The van der Waals surface area contributed by atoms with E-state index in [4.69, 9.17) is 16.0 Å². The number of fused-ring (bicyclic) bond motifs is 1. The minimum atomic E-state index is -0.429. The lowest BCUT2D eigenvalue weighted by atomic mass is 10.2. The number of nitrogens with one attached hydrogen (secondary N) is 1. The van der Waals surface area contributed by atoms with Gasteiger partial charge in [0.1, 0.15) is 5.76 Å². The summed E-state index contributed by atoms with van der Waals surface area (Å²) in [4.78, 5) is 32.3. The van der Waals surface area contributed by atoms with Crippen LogP contribution in [-0.4, -0.2) is 21.0 Å². The number of carbonyl (C=O) groups excluding carboxylic acids is 1. The first-order valence-electron chi connectivity index (χ1n) is 9.72. The highest BCUT2D eigenvalue weighted by atomic mass is 35.5. The summed E-state index contributed by atoms with van der Waals surface area (Å²) in [5, 5.41) is 15.4. The van der Waals surface area contributed by atoms with Gasteiger partial charge in [0.2, 0.25) is 0 Å². The number of non-ortho nitro benzene ring substituents is 1. The number of aromatic nitrogens is 1. The number of nitrogens with zero attached hydrogens (tertiary/aromatic N) is 3. The van der Waals surface area contributed by atoms with E-state index in [1.165, 1.54) is 47.0 Å². The van der Waals surface area contributed by atoms with Gasteiger partial charge in [-0.2, -0.15) is 0 Å². The number of hydrogen-bond donors (Lipinski definition) is 1. The lowest BCUT2D eigenvalue weighted by molar-refractivity contribution is -0.384. The lowest BCUT2D eigenvalue weighted by Gasteiger charge is -2.00. The van der Waals surface area contributed by atoms with Gasteiger partial charge in [-0.15, -0.1) is 11.3 Å². The average molecular weight is 529 g/mol. The molecule has 0 bridgehead atoms. The summed E-state index contributed by atoms with van der Waals surface area (Å²) in [6.07, 6.45) is 1.65. The molecule has 1 fully saturated rings. The Hall–Kier alpha value is -3.12. The van der Waals surface area contributed by atoms with E-state index in [9.17, 15) is 14.9 Å². The van der Waals surface area contributed by atoms with Crippen LogP contribution in [0.3, 0.4) is 0 Å². The number of nitro groups is 1. The SMILES string of the molecule is Cc1ccc(N=C2NC(=O)/C(=C/c3ccc(Sc4nc5ccc([N+](=O)[O-])cc5s4)o3)S2)cc1Cl. The van der Waals surface area contributed by atoms with Gasteiger partial charge in [0.25, 0.3) is 11.6 Å². The summed E-state index contributed by atoms with van der Waals surface area (Å²) in [6.45, 7) is 1.91. The van der Waals surface area contributed by atoms with Crippen LogP contribution in [0.4, 0.5) is 11.4 Å². The second kappa shape index (κ2) is 9.26. The Balaban J connectivity index is 1.30. The highest BCUT2D eigenvalue weighted by Gasteiger charge is 2.24. The molecule has 12 heteroatoms. The first-order chi connectivity index (χ1) is 16.3.